The molecule has 0 aliphatic carbocycles. The van der Waals surface area contributed by atoms with E-state index in [9.17, 15) is 9.59 Å². The number of fused-ring (bicyclic) bond motifs is 1. The van der Waals surface area contributed by atoms with Crippen LogP contribution in [0.1, 0.15) is 5.56 Å². The van der Waals surface area contributed by atoms with E-state index in [1.165, 1.54) is 22.2 Å². The fourth-order valence-electron chi connectivity index (χ4n) is 3.08. The van der Waals surface area contributed by atoms with Gasteiger partial charge in [-0.2, -0.15) is 0 Å². The highest BCUT2D eigenvalue weighted by molar-refractivity contribution is 7.17. The summed E-state index contributed by atoms with van der Waals surface area (Å²) in [6, 6.07) is 14.9. The van der Waals surface area contributed by atoms with Crippen LogP contribution in [0.2, 0.25) is 5.02 Å². The van der Waals surface area contributed by atoms with E-state index >= 15 is 0 Å². The lowest BCUT2D eigenvalue weighted by molar-refractivity contribution is -0.121. The molecule has 152 valence electrons. The van der Waals surface area contributed by atoms with E-state index in [-0.39, 0.29) is 18.0 Å². The van der Waals surface area contributed by atoms with Gasteiger partial charge in [-0.25, -0.2) is 4.98 Å². The zero-order valence-corrected chi connectivity index (χ0v) is 17.7. The molecule has 0 saturated heterocycles. The number of methoxy groups -OCH3 is 1. The van der Waals surface area contributed by atoms with Crippen molar-refractivity contribution in [2.24, 2.45) is 0 Å². The molecule has 2 aromatic carbocycles. The van der Waals surface area contributed by atoms with E-state index < -0.39 is 0 Å². The summed E-state index contributed by atoms with van der Waals surface area (Å²) in [6.07, 6.45) is 1.42. The molecule has 6 nitrogen and oxygen atoms in total. The van der Waals surface area contributed by atoms with Crippen molar-refractivity contribution in [3.63, 3.8) is 0 Å². The third kappa shape index (κ3) is 4.08. The molecule has 4 aromatic rings. The number of nitrogens with one attached hydrogen (secondary N) is 1. The molecule has 1 amide bonds. The van der Waals surface area contributed by atoms with Gasteiger partial charge in [-0.15, -0.1) is 11.3 Å². The summed E-state index contributed by atoms with van der Waals surface area (Å²) in [4.78, 5) is 29.6. The van der Waals surface area contributed by atoms with Gasteiger partial charge in [0.25, 0.3) is 5.56 Å². The standard InChI is InChI=1S/C22H18ClN3O3S/c1-29-16-8-6-14(7-9-16)17-12-30-21-20(17)25-13-26(22(21)28)11-19(27)24-10-15-4-2-3-5-18(15)23/h2-9,12-13H,10-11H2,1H3,(H,24,27). The van der Waals surface area contributed by atoms with Gasteiger partial charge in [-0.3, -0.25) is 14.2 Å². The van der Waals surface area contributed by atoms with Gasteiger partial charge in [0.05, 0.1) is 19.0 Å². The molecule has 0 atom stereocenters. The van der Waals surface area contributed by atoms with Crippen molar-refractivity contribution in [3.8, 4) is 16.9 Å². The first-order chi connectivity index (χ1) is 14.6. The summed E-state index contributed by atoms with van der Waals surface area (Å²) in [5, 5.41) is 5.28. The average Bonchev–Trinajstić information content (AvgIpc) is 3.20. The fourth-order valence-corrected chi connectivity index (χ4v) is 4.25. The van der Waals surface area contributed by atoms with Crippen LogP contribution in [0.5, 0.6) is 5.75 Å². The molecule has 2 aromatic heterocycles. The van der Waals surface area contributed by atoms with E-state index in [4.69, 9.17) is 16.3 Å². The van der Waals surface area contributed by atoms with Crippen molar-refractivity contribution < 1.29 is 9.53 Å². The minimum Gasteiger partial charge on any atom is -0.497 e. The molecule has 0 saturated carbocycles. The maximum Gasteiger partial charge on any atom is 0.271 e. The normalized spacial score (nSPS) is 10.9. The van der Waals surface area contributed by atoms with Crippen molar-refractivity contribution in [2.45, 2.75) is 13.1 Å². The third-order valence-corrected chi connectivity index (χ3v) is 6.02. The lowest BCUT2D eigenvalue weighted by Gasteiger charge is -2.08. The van der Waals surface area contributed by atoms with Crippen molar-refractivity contribution in [1.82, 2.24) is 14.9 Å². The van der Waals surface area contributed by atoms with Gasteiger partial charge in [-0.05, 0) is 29.3 Å². The molecule has 0 spiro atoms. The smallest absolute Gasteiger partial charge is 0.271 e. The first-order valence-corrected chi connectivity index (χ1v) is 10.4. The molecule has 0 aliphatic heterocycles. The third-order valence-electron chi connectivity index (χ3n) is 4.69. The van der Waals surface area contributed by atoms with Gasteiger partial charge in [0.15, 0.2) is 0 Å². The van der Waals surface area contributed by atoms with Gasteiger partial charge >= 0.3 is 0 Å². The van der Waals surface area contributed by atoms with Crippen LogP contribution in [-0.4, -0.2) is 22.6 Å². The fraction of sp³-hybridized carbons (Fsp3) is 0.136. The van der Waals surface area contributed by atoms with Gasteiger partial charge in [-0.1, -0.05) is 41.9 Å². The Morgan fingerprint density at radius 1 is 1.20 bits per heavy atom. The number of rotatable bonds is 6. The van der Waals surface area contributed by atoms with Gasteiger partial charge < -0.3 is 10.1 Å². The molecule has 0 radical (unpaired) electrons. The molecule has 2 heterocycles. The number of nitrogens with zero attached hydrogens (tertiary/aromatic N) is 2. The number of halogens is 1. The Bertz CT molecular complexity index is 1260. The quantitative estimate of drug-likeness (QED) is 0.490. The zero-order chi connectivity index (χ0) is 21.1. The van der Waals surface area contributed by atoms with Crippen molar-refractivity contribution in [2.75, 3.05) is 7.11 Å². The second kappa shape index (κ2) is 8.69. The molecule has 0 unspecified atom stereocenters. The number of hydrogen-bond donors (Lipinski definition) is 1. The predicted molar refractivity (Wildman–Crippen MR) is 119 cm³/mol. The van der Waals surface area contributed by atoms with Crippen LogP contribution in [-0.2, 0) is 17.9 Å². The van der Waals surface area contributed by atoms with E-state index in [1.54, 1.807) is 13.2 Å². The molecule has 8 heteroatoms. The number of carbonyl (C=O) groups excluding carboxylic acids is 1. The minimum absolute atomic E-state index is 0.109. The number of amides is 1. The topological polar surface area (TPSA) is 73.2 Å². The maximum absolute atomic E-state index is 12.8. The number of aromatic nitrogens is 2. The van der Waals surface area contributed by atoms with Crippen molar-refractivity contribution in [3.05, 3.63) is 81.2 Å². The average molecular weight is 440 g/mol. The predicted octanol–water partition coefficient (Wildman–Crippen LogP) is 4.10. The number of thiophene rings is 1. The summed E-state index contributed by atoms with van der Waals surface area (Å²) >= 11 is 7.43. The molecular formula is C22H18ClN3O3S. The zero-order valence-electron chi connectivity index (χ0n) is 16.1. The van der Waals surface area contributed by atoms with Crippen LogP contribution in [0.25, 0.3) is 21.3 Å². The molecule has 30 heavy (non-hydrogen) atoms. The molecule has 0 bridgehead atoms. The Kier molecular flexibility index (Phi) is 5.83. The highest BCUT2D eigenvalue weighted by Gasteiger charge is 2.14. The van der Waals surface area contributed by atoms with Gasteiger partial charge in [0.1, 0.15) is 17.0 Å². The highest BCUT2D eigenvalue weighted by Crippen LogP contribution is 2.31. The van der Waals surface area contributed by atoms with Gasteiger partial charge in [0, 0.05) is 22.5 Å². The lowest BCUT2D eigenvalue weighted by atomic mass is 10.1. The Labute approximate surface area is 181 Å². The van der Waals surface area contributed by atoms with Crippen LogP contribution in [0.4, 0.5) is 0 Å². The lowest BCUT2D eigenvalue weighted by Crippen LogP contribution is -2.32. The van der Waals surface area contributed by atoms with E-state index in [2.05, 4.69) is 10.3 Å². The van der Waals surface area contributed by atoms with Crippen molar-refractivity contribution >= 4 is 39.1 Å². The van der Waals surface area contributed by atoms with Crippen LogP contribution in [0, 0.1) is 0 Å². The van der Waals surface area contributed by atoms with E-state index in [0.29, 0.717) is 21.8 Å². The molecule has 0 aliphatic rings. The number of hydrogen-bond acceptors (Lipinski definition) is 5. The van der Waals surface area contributed by atoms with Crippen LogP contribution in [0.15, 0.2) is 65.0 Å². The Balaban J connectivity index is 1.53. The largest absolute Gasteiger partial charge is 0.497 e. The molecular weight excluding hydrogens is 422 g/mol. The Hall–Kier alpha value is -3.16. The summed E-state index contributed by atoms with van der Waals surface area (Å²) in [7, 11) is 1.61. The minimum atomic E-state index is -0.287. The second-order valence-electron chi connectivity index (χ2n) is 6.60. The van der Waals surface area contributed by atoms with Gasteiger partial charge in [0.2, 0.25) is 5.91 Å². The number of ether oxygens (including phenoxy) is 1. The molecule has 0 fully saturated rings. The van der Waals surface area contributed by atoms with E-state index in [0.717, 1.165) is 22.4 Å². The summed E-state index contributed by atoms with van der Waals surface area (Å²) in [5.41, 5.74) is 3.03. The van der Waals surface area contributed by atoms with Crippen LogP contribution in [0.3, 0.4) is 0 Å². The maximum atomic E-state index is 12.8. The first kappa shape index (κ1) is 20.1. The van der Waals surface area contributed by atoms with Crippen LogP contribution >= 0.6 is 22.9 Å². The summed E-state index contributed by atoms with van der Waals surface area (Å²) in [6.45, 7) is 0.186. The number of benzene rings is 2. The first-order valence-electron chi connectivity index (χ1n) is 9.18. The molecule has 4 rings (SSSR count). The van der Waals surface area contributed by atoms with Crippen molar-refractivity contribution in [1.29, 1.82) is 0 Å². The number of carbonyl (C=O) groups is 1. The second-order valence-corrected chi connectivity index (χ2v) is 7.89. The molecule has 1 N–H and O–H groups in total. The van der Waals surface area contributed by atoms with Crippen LogP contribution < -0.4 is 15.6 Å². The monoisotopic (exact) mass is 439 g/mol. The Morgan fingerprint density at radius 2 is 1.97 bits per heavy atom. The summed E-state index contributed by atoms with van der Waals surface area (Å²) < 4.78 is 7.02. The highest BCUT2D eigenvalue weighted by atomic mass is 35.5. The van der Waals surface area contributed by atoms with E-state index in [1.807, 2.05) is 47.8 Å². The Morgan fingerprint density at radius 3 is 2.70 bits per heavy atom. The SMILES string of the molecule is COc1ccc(-c2csc3c(=O)n(CC(=O)NCc4ccccc4Cl)cnc23)cc1. The summed E-state index contributed by atoms with van der Waals surface area (Å²) in [5.74, 6) is 0.474.